The Hall–Kier alpha value is -2.44. The molecule has 0 unspecified atom stereocenters. The molecule has 0 aliphatic rings. The summed E-state index contributed by atoms with van der Waals surface area (Å²) in [4.78, 5) is 20.2. The molecule has 0 aliphatic heterocycles. The number of anilines is 2. The minimum atomic E-state index is -0.211. The van der Waals surface area contributed by atoms with Gasteiger partial charge in [0.05, 0.1) is 0 Å². The topological polar surface area (TPSA) is 92.9 Å². The lowest BCUT2D eigenvalue weighted by atomic mass is 10.3. The van der Waals surface area contributed by atoms with Gasteiger partial charge in [-0.2, -0.15) is 0 Å². The molecule has 0 saturated carbocycles. The van der Waals surface area contributed by atoms with Crippen LogP contribution >= 0.6 is 0 Å². The fourth-order valence-electron chi connectivity index (χ4n) is 1.63. The Morgan fingerprint density at radius 2 is 2.05 bits per heavy atom. The number of nitrogens with one attached hydrogen (secondary N) is 2. The third-order valence-corrected chi connectivity index (χ3v) is 2.49. The minimum Gasteiger partial charge on any atom is -0.360 e. The maximum absolute atomic E-state index is 11.9. The molecule has 2 heterocycles. The van der Waals surface area contributed by atoms with Crippen molar-refractivity contribution in [1.29, 1.82) is 0 Å². The predicted octanol–water partition coefficient (Wildman–Crippen LogP) is 1.96. The summed E-state index contributed by atoms with van der Waals surface area (Å²) in [5, 5.41) is 9.58. The summed E-state index contributed by atoms with van der Waals surface area (Å²) >= 11 is 0. The molecule has 0 aromatic carbocycles. The molecular weight excluding hydrogens is 258 g/mol. The molecular formula is C13H17N5O2. The number of amides is 1. The molecule has 0 saturated heterocycles. The largest absolute Gasteiger partial charge is 0.360 e. The Labute approximate surface area is 116 Å². The van der Waals surface area contributed by atoms with Gasteiger partial charge >= 0.3 is 0 Å². The Morgan fingerprint density at radius 3 is 2.70 bits per heavy atom. The van der Waals surface area contributed by atoms with Crippen molar-refractivity contribution in [2.75, 3.05) is 11.9 Å². The van der Waals surface area contributed by atoms with Crippen LogP contribution in [0.4, 0.5) is 11.6 Å². The van der Waals surface area contributed by atoms with Gasteiger partial charge in [0.15, 0.2) is 5.82 Å². The SMILES string of the molecule is CCCNC(=O)c1cc(Nc2cc(C)on2)nc(C)n1. The van der Waals surface area contributed by atoms with Crippen molar-refractivity contribution in [3.8, 4) is 0 Å². The Balaban J connectivity index is 2.17. The molecule has 2 aromatic rings. The van der Waals surface area contributed by atoms with Crippen LogP contribution in [0.2, 0.25) is 0 Å². The normalized spacial score (nSPS) is 10.3. The molecule has 0 atom stereocenters. The van der Waals surface area contributed by atoms with Gasteiger partial charge in [0.25, 0.3) is 5.91 Å². The summed E-state index contributed by atoms with van der Waals surface area (Å²) in [5.41, 5.74) is 0.327. The lowest BCUT2D eigenvalue weighted by molar-refractivity contribution is 0.0948. The highest BCUT2D eigenvalue weighted by molar-refractivity contribution is 5.93. The molecule has 20 heavy (non-hydrogen) atoms. The van der Waals surface area contributed by atoms with E-state index in [-0.39, 0.29) is 5.91 Å². The fraction of sp³-hybridized carbons (Fsp3) is 0.385. The summed E-state index contributed by atoms with van der Waals surface area (Å²) in [6, 6.07) is 3.33. The highest BCUT2D eigenvalue weighted by Gasteiger charge is 2.10. The van der Waals surface area contributed by atoms with Gasteiger partial charge < -0.3 is 15.2 Å². The quantitative estimate of drug-likeness (QED) is 0.866. The minimum absolute atomic E-state index is 0.211. The van der Waals surface area contributed by atoms with Gasteiger partial charge in [-0.05, 0) is 20.3 Å². The van der Waals surface area contributed by atoms with Crippen LogP contribution in [0.1, 0.15) is 35.4 Å². The van der Waals surface area contributed by atoms with Crippen molar-refractivity contribution < 1.29 is 9.32 Å². The van der Waals surface area contributed by atoms with E-state index < -0.39 is 0 Å². The van der Waals surface area contributed by atoms with E-state index in [1.807, 2.05) is 6.92 Å². The molecule has 0 radical (unpaired) electrons. The molecule has 1 amide bonds. The van der Waals surface area contributed by atoms with Gasteiger partial charge in [-0.3, -0.25) is 4.79 Å². The van der Waals surface area contributed by atoms with Gasteiger partial charge in [-0.15, -0.1) is 0 Å². The predicted molar refractivity (Wildman–Crippen MR) is 73.9 cm³/mol. The fourth-order valence-corrected chi connectivity index (χ4v) is 1.63. The van der Waals surface area contributed by atoms with Crippen molar-refractivity contribution in [3.05, 3.63) is 29.4 Å². The van der Waals surface area contributed by atoms with E-state index in [9.17, 15) is 4.79 Å². The first-order valence-electron chi connectivity index (χ1n) is 6.42. The first-order valence-corrected chi connectivity index (χ1v) is 6.42. The average molecular weight is 275 g/mol. The number of hydrogen-bond donors (Lipinski definition) is 2. The molecule has 2 N–H and O–H groups in total. The lowest BCUT2D eigenvalue weighted by Crippen LogP contribution is -2.25. The Morgan fingerprint density at radius 1 is 1.25 bits per heavy atom. The number of hydrogen-bond acceptors (Lipinski definition) is 6. The first kappa shape index (κ1) is 14.0. The zero-order valence-corrected chi connectivity index (χ0v) is 11.7. The van der Waals surface area contributed by atoms with E-state index >= 15 is 0 Å². The van der Waals surface area contributed by atoms with E-state index in [2.05, 4.69) is 25.8 Å². The van der Waals surface area contributed by atoms with Crippen LogP contribution < -0.4 is 10.6 Å². The maximum Gasteiger partial charge on any atom is 0.270 e. The zero-order valence-electron chi connectivity index (χ0n) is 11.7. The maximum atomic E-state index is 11.9. The van der Waals surface area contributed by atoms with Crippen LogP contribution in [0.25, 0.3) is 0 Å². The number of nitrogens with zero attached hydrogens (tertiary/aromatic N) is 3. The van der Waals surface area contributed by atoms with Crippen molar-refractivity contribution in [2.24, 2.45) is 0 Å². The smallest absolute Gasteiger partial charge is 0.270 e. The summed E-state index contributed by atoms with van der Waals surface area (Å²) in [6.07, 6.45) is 0.874. The zero-order chi connectivity index (χ0) is 14.5. The van der Waals surface area contributed by atoms with Crippen LogP contribution in [0.3, 0.4) is 0 Å². The van der Waals surface area contributed by atoms with Gasteiger partial charge in [0.2, 0.25) is 0 Å². The Kier molecular flexibility index (Phi) is 4.29. The van der Waals surface area contributed by atoms with Crippen LogP contribution in [0.5, 0.6) is 0 Å². The molecule has 7 heteroatoms. The lowest BCUT2D eigenvalue weighted by Gasteiger charge is -2.06. The first-order chi connectivity index (χ1) is 9.58. The Bertz CT molecular complexity index is 609. The van der Waals surface area contributed by atoms with Crippen LogP contribution in [-0.4, -0.2) is 27.6 Å². The third-order valence-electron chi connectivity index (χ3n) is 2.49. The van der Waals surface area contributed by atoms with Gasteiger partial charge in [0, 0.05) is 18.7 Å². The van der Waals surface area contributed by atoms with Crippen LogP contribution in [0, 0.1) is 13.8 Å². The monoisotopic (exact) mass is 275 g/mol. The second kappa shape index (κ2) is 6.14. The molecule has 106 valence electrons. The van der Waals surface area contributed by atoms with Crippen molar-refractivity contribution in [1.82, 2.24) is 20.4 Å². The molecule has 2 rings (SSSR count). The van der Waals surface area contributed by atoms with Gasteiger partial charge in [0.1, 0.15) is 23.1 Å². The number of aromatic nitrogens is 3. The molecule has 0 bridgehead atoms. The van der Waals surface area contributed by atoms with E-state index in [1.54, 1.807) is 26.0 Å². The third kappa shape index (κ3) is 3.53. The number of carbonyl (C=O) groups excluding carboxylic acids is 1. The van der Waals surface area contributed by atoms with Crippen molar-refractivity contribution in [2.45, 2.75) is 27.2 Å². The summed E-state index contributed by atoms with van der Waals surface area (Å²) < 4.78 is 4.96. The van der Waals surface area contributed by atoms with Crippen molar-refractivity contribution >= 4 is 17.5 Å². The molecule has 2 aromatic heterocycles. The van der Waals surface area contributed by atoms with Crippen molar-refractivity contribution in [3.63, 3.8) is 0 Å². The second-order valence-corrected chi connectivity index (χ2v) is 4.39. The number of aryl methyl sites for hydroxylation is 2. The van der Waals surface area contributed by atoms with Crippen LogP contribution in [-0.2, 0) is 0 Å². The van der Waals surface area contributed by atoms with Gasteiger partial charge in [-0.25, -0.2) is 9.97 Å². The highest BCUT2D eigenvalue weighted by Crippen LogP contribution is 2.15. The summed E-state index contributed by atoms with van der Waals surface area (Å²) in [5.74, 6) is 2.04. The van der Waals surface area contributed by atoms with E-state index in [4.69, 9.17) is 4.52 Å². The van der Waals surface area contributed by atoms with Gasteiger partial charge in [-0.1, -0.05) is 12.1 Å². The second-order valence-electron chi connectivity index (χ2n) is 4.39. The standard InChI is InChI=1S/C13H17N5O2/c1-4-5-14-13(19)10-7-11(16-9(3)15-10)17-12-6-8(2)20-18-12/h6-7H,4-5H2,1-3H3,(H,14,19)(H,15,16,17,18). The van der Waals surface area contributed by atoms with Crippen LogP contribution in [0.15, 0.2) is 16.7 Å². The summed E-state index contributed by atoms with van der Waals surface area (Å²) in [7, 11) is 0. The number of carbonyl (C=O) groups is 1. The van der Waals surface area contributed by atoms with E-state index in [1.165, 1.54) is 0 Å². The van der Waals surface area contributed by atoms with E-state index in [0.717, 1.165) is 6.42 Å². The highest BCUT2D eigenvalue weighted by atomic mass is 16.5. The molecule has 0 aliphatic carbocycles. The average Bonchev–Trinajstić information content (AvgIpc) is 2.80. The van der Waals surface area contributed by atoms with E-state index in [0.29, 0.717) is 35.5 Å². The molecule has 0 spiro atoms. The molecule has 7 nitrogen and oxygen atoms in total. The molecule has 0 fully saturated rings. The number of rotatable bonds is 5. The summed E-state index contributed by atoms with van der Waals surface area (Å²) in [6.45, 7) is 6.14.